The number of fused-ring (bicyclic) bond motifs is 1. The minimum atomic E-state index is 0.620. The first-order valence-corrected chi connectivity index (χ1v) is 4.86. The second-order valence-corrected chi connectivity index (χ2v) is 3.84. The van der Waals surface area contributed by atoms with Gasteiger partial charge in [0.1, 0.15) is 4.60 Å². The summed E-state index contributed by atoms with van der Waals surface area (Å²) in [5.41, 5.74) is 7.07. The summed E-state index contributed by atoms with van der Waals surface area (Å²) in [5.74, 6) is 0. The molecule has 2 rings (SSSR count). The van der Waals surface area contributed by atoms with E-state index in [-0.39, 0.29) is 0 Å². The first kappa shape index (κ1) is 8.78. The highest BCUT2D eigenvalue weighted by atomic mass is 79.9. The number of halogens is 2. The second kappa shape index (κ2) is 3.16. The third kappa shape index (κ3) is 1.49. The molecule has 0 unspecified atom stereocenters. The number of pyridine rings is 1. The third-order valence-electron chi connectivity index (χ3n) is 1.78. The topological polar surface area (TPSA) is 38.9 Å². The molecule has 1 aromatic heterocycles. The Morgan fingerprint density at radius 3 is 2.92 bits per heavy atom. The quantitative estimate of drug-likeness (QED) is 0.736. The van der Waals surface area contributed by atoms with Gasteiger partial charge >= 0.3 is 0 Å². The van der Waals surface area contributed by atoms with Crippen LogP contribution in [-0.4, -0.2) is 4.98 Å². The molecular formula is C9H6BrClN2. The Morgan fingerprint density at radius 2 is 2.15 bits per heavy atom. The lowest BCUT2D eigenvalue weighted by Crippen LogP contribution is -1.90. The van der Waals surface area contributed by atoms with Gasteiger partial charge in [-0.05, 0) is 28.1 Å². The van der Waals surface area contributed by atoms with Crippen molar-refractivity contribution in [3.05, 3.63) is 33.9 Å². The SMILES string of the molecule is Nc1cc2cccc(Cl)c2nc1Br. The van der Waals surface area contributed by atoms with Crippen molar-refractivity contribution >= 4 is 44.1 Å². The molecule has 0 aliphatic heterocycles. The minimum absolute atomic E-state index is 0.620. The van der Waals surface area contributed by atoms with Crippen LogP contribution >= 0.6 is 27.5 Å². The van der Waals surface area contributed by atoms with Gasteiger partial charge in [-0.2, -0.15) is 0 Å². The summed E-state index contributed by atoms with van der Waals surface area (Å²) >= 11 is 9.21. The summed E-state index contributed by atoms with van der Waals surface area (Å²) in [4.78, 5) is 4.23. The summed E-state index contributed by atoms with van der Waals surface area (Å²) in [5, 5.41) is 1.59. The number of anilines is 1. The molecule has 4 heteroatoms. The molecule has 0 atom stereocenters. The van der Waals surface area contributed by atoms with Gasteiger partial charge in [0.15, 0.2) is 0 Å². The van der Waals surface area contributed by atoms with Crippen LogP contribution in [0.15, 0.2) is 28.9 Å². The van der Waals surface area contributed by atoms with Gasteiger partial charge in [0, 0.05) is 5.39 Å². The molecule has 0 amide bonds. The molecule has 0 spiro atoms. The fourth-order valence-corrected chi connectivity index (χ4v) is 1.67. The van der Waals surface area contributed by atoms with Crippen LogP contribution in [0.5, 0.6) is 0 Å². The normalized spacial score (nSPS) is 10.6. The molecule has 2 N–H and O–H groups in total. The lowest BCUT2D eigenvalue weighted by Gasteiger charge is -2.02. The maximum Gasteiger partial charge on any atom is 0.129 e. The van der Waals surface area contributed by atoms with Crippen LogP contribution in [0.4, 0.5) is 5.69 Å². The number of nitrogens with zero attached hydrogens (tertiary/aromatic N) is 1. The fraction of sp³-hybridized carbons (Fsp3) is 0. The van der Waals surface area contributed by atoms with Crippen molar-refractivity contribution in [1.29, 1.82) is 0 Å². The van der Waals surface area contributed by atoms with Gasteiger partial charge in [0.2, 0.25) is 0 Å². The molecule has 0 aliphatic rings. The summed E-state index contributed by atoms with van der Waals surface area (Å²) < 4.78 is 0.633. The van der Waals surface area contributed by atoms with Crippen LogP contribution in [0, 0.1) is 0 Å². The van der Waals surface area contributed by atoms with Crippen LogP contribution in [0.2, 0.25) is 5.02 Å². The zero-order chi connectivity index (χ0) is 9.42. The number of nitrogens with two attached hydrogens (primary N) is 1. The standard InChI is InChI=1S/C9H6BrClN2/c10-9-7(12)4-5-2-1-3-6(11)8(5)13-9/h1-4H,12H2. The van der Waals surface area contributed by atoms with Gasteiger partial charge in [0.25, 0.3) is 0 Å². The monoisotopic (exact) mass is 256 g/mol. The van der Waals surface area contributed by atoms with Gasteiger partial charge in [0.05, 0.1) is 16.2 Å². The molecule has 1 heterocycles. The van der Waals surface area contributed by atoms with E-state index in [4.69, 9.17) is 17.3 Å². The summed E-state index contributed by atoms with van der Waals surface area (Å²) in [6.07, 6.45) is 0. The summed E-state index contributed by atoms with van der Waals surface area (Å²) in [6, 6.07) is 7.45. The van der Waals surface area contributed by atoms with Crippen LogP contribution in [-0.2, 0) is 0 Å². The van der Waals surface area contributed by atoms with Crippen molar-refractivity contribution in [2.45, 2.75) is 0 Å². The van der Waals surface area contributed by atoms with Crippen LogP contribution in [0.1, 0.15) is 0 Å². The number of aromatic nitrogens is 1. The molecule has 0 saturated heterocycles. The van der Waals surface area contributed by atoms with Crippen molar-refractivity contribution in [2.75, 3.05) is 5.73 Å². The van der Waals surface area contributed by atoms with Gasteiger partial charge in [-0.3, -0.25) is 0 Å². The molecule has 0 fully saturated rings. The van der Waals surface area contributed by atoms with E-state index in [1.54, 1.807) is 6.07 Å². The van der Waals surface area contributed by atoms with E-state index < -0.39 is 0 Å². The highest BCUT2D eigenvalue weighted by molar-refractivity contribution is 9.10. The van der Waals surface area contributed by atoms with Crippen LogP contribution in [0.25, 0.3) is 10.9 Å². The van der Waals surface area contributed by atoms with E-state index in [0.29, 0.717) is 15.3 Å². The predicted molar refractivity (Wildman–Crippen MR) is 58.9 cm³/mol. The second-order valence-electron chi connectivity index (χ2n) is 2.68. The Labute approximate surface area is 88.8 Å². The molecule has 13 heavy (non-hydrogen) atoms. The fourth-order valence-electron chi connectivity index (χ4n) is 1.16. The first-order chi connectivity index (χ1) is 6.18. The zero-order valence-corrected chi connectivity index (χ0v) is 8.93. The first-order valence-electron chi connectivity index (χ1n) is 3.69. The smallest absolute Gasteiger partial charge is 0.129 e. The molecule has 0 radical (unpaired) electrons. The Balaban J connectivity index is 2.89. The lowest BCUT2D eigenvalue weighted by molar-refractivity contribution is 1.36. The predicted octanol–water partition coefficient (Wildman–Crippen LogP) is 3.23. The Bertz CT molecular complexity index is 470. The molecule has 1 aromatic carbocycles. The molecule has 66 valence electrons. The molecule has 2 nitrogen and oxygen atoms in total. The van der Waals surface area contributed by atoms with Crippen LogP contribution in [0.3, 0.4) is 0 Å². The van der Waals surface area contributed by atoms with Crippen molar-refractivity contribution in [3.63, 3.8) is 0 Å². The van der Waals surface area contributed by atoms with E-state index in [1.807, 2.05) is 18.2 Å². The van der Waals surface area contributed by atoms with E-state index in [1.165, 1.54) is 0 Å². The number of hydrogen-bond donors (Lipinski definition) is 1. The maximum absolute atomic E-state index is 5.96. The average molecular weight is 258 g/mol. The van der Waals surface area contributed by atoms with Crippen molar-refractivity contribution in [2.24, 2.45) is 0 Å². The third-order valence-corrected chi connectivity index (χ3v) is 2.72. The molecule has 0 aliphatic carbocycles. The highest BCUT2D eigenvalue weighted by Crippen LogP contribution is 2.27. The molecular weight excluding hydrogens is 251 g/mol. The van der Waals surface area contributed by atoms with Gasteiger partial charge in [-0.15, -0.1) is 0 Å². The largest absolute Gasteiger partial charge is 0.397 e. The molecule has 2 aromatic rings. The number of para-hydroxylation sites is 1. The molecule has 0 bridgehead atoms. The number of benzene rings is 1. The van der Waals surface area contributed by atoms with Crippen molar-refractivity contribution in [3.8, 4) is 0 Å². The van der Waals surface area contributed by atoms with E-state index >= 15 is 0 Å². The average Bonchev–Trinajstić information content (AvgIpc) is 2.09. The Morgan fingerprint density at radius 1 is 1.38 bits per heavy atom. The van der Waals surface area contributed by atoms with Crippen molar-refractivity contribution < 1.29 is 0 Å². The van der Waals surface area contributed by atoms with E-state index in [2.05, 4.69) is 20.9 Å². The van der Waals surface area contributed by atoms with Gasteiger partial charge < -0.3 is 5.73 Å². The van der Waals surface area contributed by atoms with E-state index in [9.17, 15) is 0 Å². The Hall–Kier alpha value is -0.800. The summed E-state index contributed by atoms with van der Waals surface area (Å²) in [6.45, 7) is 0. The number of rotatable bonds is 0. The summed E-state index contributed by atoms with van der Waals surface area (Å²) in [7, 11) is 0. The number of nitrogen functional groups attached to an aromatic ring is 1. The minimum Gasteiger partial charge on any atom is -0.397 e. The lowest BCUT2D eigenvalue weighted by atomic mass is 10.2. The van der Waals surface area contributed by atoms with E-state index in [0.717, 1.165) is 10.9 Å². The van der Waals surface area contributed by atoms with Crippen molar-refractivity contribution in [1.82, 2.24) is 4.98 Å². The zero-order valence-electron chi connectivity index (χ0n) is 6.59. The van der Waals surface area contributed by atoms with Gasteiger partial charge in [-0.25, -0.2) is 4.98 Å². The van der Waals surface area contributed by atoms with Gasteiger partial charge in [-0.1, -0.05) is 23.7 Å². The Kier molecular flexibility index (Phi) is 2.14. The molecule has 0 saturated carbocycles. The maximum atomic E-state index is 5.96. The highest BCUT2D eigenvalue weighted by Gasteiger charge is 2.03. The number of hydrogen-bond acceptors (Lipinski definition) is 2. The van der Waals surface area contributed by atoms with Crippen LogP contribution < -0.4 is 5.73 Å².